The van der Waals surface area contributed by atoms with Gasteiger partial charge in [0.25, 0.3) is 0 Å². The lowest BCUT2D eigenvalue weighted by Crippen LogP contribution is -2.67. The lowest BCUT2D eigenvalue weighted by atomic mass is 9.42. The van der Waals surface area contributed by atoms with Crippen LogP contribution in [0.1, 0.15) is 105 Å². The second-order valence-corrected chi connectivity index (χ2v) is 18.8. The first kappa shape index (κ1) is 40.5. The molecule has 0 aromatic carbocycles. The van der Waals surface area contributed by atoms with Gasteiger partial charge in [0, 0.05) is 30.8 Å². The Morgan fingerprint density at radius 2 is 1.29 bits per heavy atom. The molecule has 21 atom stereocenters. The molecule has 0 unspecified atom stereocenters. The fraction of sp³-hybridized carbons (Fsp3) is 0.927. The Hall–Kier alpha value is -1.27. The fourth-order valence-corrected chi connectivity index (χ4v) is 12.8. The molecule has 0 aromatic rings. The van der Waals surface area contributed by atoms with Crippen LogP contribution in [0.25, 0.3) is 0 Å². The number of carbonyl (C=O) groups excluding carboxylic acids is 1. The summed E-state index contributed by atoms with van der Waals surface area (Å²) in [6.07, 6.45) is -1.51. The van der Waals surface area contributed by atoms with Gasteiger partial charge in [0.15, 0.2) is 18.9 Å². The number of aliphatic hydroxyl groups excluding tert-OH is 5. The Balaban J connectivity index is 0.837. The third-order valence-electron chi connectivity index (χ3n) is 16.0. The Morgan fingerprint density at radius 3 is 1.87 bits per heavy atom. The first-order valence-electron chi connectivity index (χ1n) is 20.9. The summed E-state index contributed by atoms with van der Waals surface area (Å²) >= 11 is 0. The predicted octanol–water partition coefficient (Wildman–Crippen LogP) is 2.22. The Bertz CT molecular complexity index is 1410. The summed E-state index contributed by atoms with van der Waals surface area (Å²) in [5.74, 6) is 0.204. The van der Waals surface area contributed by atoms with Crippen LogP contribution in [-0.4, -0.2) is 135 Å². The molecular weight excluding hydrogens is 716 g/mol. The average molecular weight is 781 g/mol. The van der Waals surface area contributed by atoms with Crippen molar-refractivity contribution in [1.29, 1.82) is 0 Å². The van der Waals surface area contributed by atoms with Crippen molar-refractivity contribution >= 4 is 5.97 Å². The van der Waals surface area contributed by atoms with Crippen molar-refractivity contribution in [3.05, 3.63) is 11.6 Å². The second-order valence-electron chi connectivity index (χ2n) is 18.8. The molecular formula is C41H64O14. The van der Waals surface area contributed by atoms with E-state index >= 15 is 0 Å². The van der Waals surface area contributed by atoms with E-state index in [9.17, 15) is 35.4 Å². The molecule has 14 nitrogen and oxygen atoms in total. The van der Waals surface area contributed by atoms with Crippen LogP contribution in [0, 0.1) is 34.5 Å². The van der Waals surface area contributed by atoms with Crippen molar-refractivity contribution in [3.63, 3.8) is 0 Å². The van der Waals surface area contributed by atoms with Gasteiger partial charge >= 0.3 is 5.97 Å². The lowest BCUT2D eigenvalue weighted by molar-refractivity contribution is -0.336. The van der Waals surface area contributed by atoms with E-state index in [1.165, 1.54) is 0 Å². The molecule has 6 N–H and O–H groups in total. The number of aliphatic hydroxyl groups is 6. The van der Waals surface area contributed by atoms with Crippen LogP contribution in [0.3, 0.4) is 0 Å². The maximum atomic E-state index is 12.6. The molecule has 4 aliphatic carbocycles. The number of carbonyl (C=O) groups is 1. The van der Waals surface area contributed by atoms with Gasteiger partial charge in [-0.3, -0.25) is 0 Å². The summed E-state index contributed by atoms with van der Waals surface area (Å²) in [6, 6.07) is 0. The zero-order valence-corrected chi connectivity index (χ0v) is 32.9. The highest BCUT2D eigenvalue weighted by atomic mass is 16.7. The highest BCUT2D eigenvalue weighted by Crippen LogP contribution is 2.70. The number of esters is 1. The summed E-state index contributed by atoms with van der Waals surface area (Å²) in [7, 11) is 0. The van der Waals surface area contributed by atoms with Gasteiger partial charge in [0.2, 0.25) is 0 Å². The van der Waals surface area contributed by atoms with Gasteiger partial charge in [-0.25, -0.2) is 4.79 Å². The van der Waals surface area contributed by atoms with Crippen molar-refractivity contribution in [2.45, 2.75) is 197 Å². The van der Waals surface area contributed by atoms with Gasteiger partial charge in [-0.15, -0.1) is 0 Å². The molecule has 4 aliphatic heterocycles. The minimum atomic E-state index is -1.01. The Morgan fingerprint density at radius 1 is 0.691 bits per heavy atom. The van der Waals surface area contributed by atoms with E-state index < -0.39 is 90.9 Å². The molecule has 8 aliphatic rings. The van der Waals surface area contributed by atoms with E-state index in [2.05, 4.69) is 6.92 Å². The number of fused-ring (bicyclic) bond motifs is 5. The third-order valence-corrected chi connectivity index (χ3v) is 16.0. The number of ether oxygens (including phenoxy) is 7. The standard InChI is InChI=1S/C41H64O14/c1-19-36(47)28(42)15-34(50-19)54-38-21(3)52-35(17-30(38)44)55-37-20(2)51-33(16-29(37)43)53-24-8-10-39(4)23(13-24)6-7-26-27(39)14-31(45)40(5)25(9-11-41(26,40)48)22-12-32(46)49-18-22/h12,19-21,23-31,33-38,42-45,47-48H,6-11,13-18H2,1-5H3/t19-,20+,21+,23+,24+,25-,26-,27+,28-,29+,30+,31-,33-,34+,35-,36+,37-,38-,39-,40-,41-/m0/s1. The van der Waals surface area contributed by atoms with Gasteiger partial charge in [0.05, 0.1) is 54.4 Å². The van der Waals surface area contributed by atoms with Crippen LogP contribution in [0.2, 0.25) is 0 Å². The molecule has 0 aromatic heterocycles. The molecule has 3 saturated heterocycles. The van der Waals surface area contributed by atoms with Crippen LogP contribution in [0.15, 0.2) is 11.6 Å². The van der Waals surface area contributed by atoms with Gasteiger partial charge in [0.1, 0.15) is 24.9 Å². The van der Waals surface area contributed by atoms with Crippen LogP contribution < -0.4 is 0 Å². The Labute approximate surface area is 323 Å². The van der Waals surface area contributed by atoms with E-state index in [0.29, 0.717) is 18.8 Å². The number of cyclic esters (lactones) is 1. The zero-order chi connectivity index (χ0) is 39.2. The molecule has 0 amide bonds. The largest absolute Gasteiger partial charge is 0.458 e. The highest BCUT2D eigenvalue weighted by molar-refractivity contribution is 5.85. The van der Waals surface area contributed by atoms with E-state index in [1.807, 2.05) is 13.8 Å². The van der Waals surface area contributed by atoms with Crippen molar-refractivity contribution in [2.75, 3.05) is 6.61 Å². The van der Waals surface area contributed by atoms with E-state index in [4.69, 9.17) is 33.2 Å². The third kappa shape index (κ3) is 6.95. The van der Waals surface area contributed by atoms with Gasteiger partial charge < -0.3 is 63.8 Å². The first-order chi connectivity index (χ1) is 26.0. The first-order valence-corrected chi connectivity index (χ1v) is 20.9. The van der Waals surface area contributed by atoms with Crippen LogP contribution >= 0.6 is 0 Å². The summed E-state index contributed by atoms with van der Waals surface area (Å²) < 4.78 is 42.1. The zero-order valence-electron chi connectivity index (χ0n) is 32.9. The SMILES string of the molecule is C[C@@H]1O[C@H](O[C@@H]2[C@H](O)C[C@H](O[C@@H]3[C@H](O)C[C@H](O[C@@H]4CC[C@@]5(C)[C@H](CC[C@H]6[C@H]5C[C@H](O)[C@]5(C)[C@H](C7=CC(=O)OC7)CC[C@]65O)C4)O[C@@H]3C)O[C@@H]2C)C[C@H](O)[C@@H]1O. The molecule has 0 spiro atoms. The smallest absolute Gasteiger partial charge is 0.331 e. The fourth-order valence-electron chi connectivity index (χ4n) is 12.8. The van der Waals surface area contributed by atoms with Crippen LogP contribution in [0.4, 0.5) is 0 Å². The van der Waals surface area contributed by atoms with Crippen molar-refractivity contribution in [1.82, 2.24) is 0 Å². The molecule has 14 heteroatoms. The van der Waals surface area contributed by atoms with Gasteiger partial charge in [-0.05, 0) is 107 Å². The molecule has 7 fully saturated rings. The quantitative estimate of drug-likeness (QED) is 0.162. The maximum absolute atomic E-state index is 12.6. The van der Waals surface area contributed by atoms with Crippen molar-refractivity contribution < 1.29 is 68.6 Å². The molecule has 4 saturated carbocycles. The summed E-state index contributed by atoms with van der Waals surface area (Å²) in [4.78, 5) is 11.9. The minimum absolute atomic E-state index is 0.0452. The molecule has 0 radical (unpaired) electrons. The monoisotopic (exact) mass is 780 g/mol. The van der Waals surface area contributed by atoms with Crippen molar-refractivity contribution in [3.8, 4) is 0 Å². The topological polar surface area (TPSA) is 203 Å². The van der Waals surface area contributed by atoms with E-state index in [1.54, 1.807) is 19.9 Å². The minimum Gasteiger partial charge on any atom is -0.458 e. The Kier molecular flexibility index (Phi) is 11.1. The summed E-state index contributed by atoms with van der Waals surface area (Å²) in [6.45, 7) is 9.90. The molecule has 312 valence electrons. The molecule has 55 heavy (non-hydrogen) atoms. The molecule has 4 heterocycles. The summed E-state index contributed by atoms with van der Waals surface area (Å²) in [5.41, 5.74) is -0.892. The summed E-state index contributed by atoms with van der Waals surface area (Å²) in [5, 5.41) is 66.9. The van der Waals surface area contributed by atoms with Gasteiger partial charge in [-0.1, -0.05) is 13.8 Å². The number of rotatable bonds is 7. The average Bonchev–Trinajstić information content (AvgIpc) is 3.67. The maximum Gasteiger partial charge on any atom is 0.331 e. The number of hydrogen-bond acceptors (Lipinski definition) is 14. The molecule has 0 bridgehead atoms. The highest BCUT2D eigenvalue weighted by Gasteiger charge is 2.71. The number of hydrogen-bond donors (Lipinski definition) is 6. The normalized spacial score (nSPS) is 55.5. The lowest BCUT2D eigenvalue weighted by Gasteiger charge is -2.65. The predicted molar refractivity (Wildman–Crippen MR) is 193 cm³/mol. The van der Waals surface area contributed by atoms with Crippen LogP contribution in [0.5, 0.6) is 0 Å². The van der Waals surface area contributed by atoms with E-state index in [0.717, 1.165) is 44.1 Å². The van der Waals surface area contributed by atoms with Gasteiger partial charge in [-0.2, -0.15) is 0 Å². The molecule has 8 rings (SSSR count). The van der Waals surface area contributed by atoms with Crippen LogP contribution in [-0.2, 0) is 38.0 Å². The van der Waals surface area contributed by atoms with Crippen molar-refractivity contribution in [2.24, 2.45) is 34.5 Å². The second kappa shape index (κ2) is 15.1. The van der Waals surface area contributed by atoms with E-state index in [-0.39, 0.29) is 61.1 Å².